The van der Waals surface area contributed by atoms with E-state index in [1.165, 1.54) is 18.1 Å². The van der Waals surface area contributed by atoms with Crippen molar-refractivity contribution in [2.75, 3.05) is 17.8 Å². The zero-order valence-electron chi connectivity index (χ0n) is 9.76. The van der Waals surface area contributed by atoms with Crippen LogP contribution in [0.3, 0.4) is 0 Å². The van der Waals surface area contributed by atoms with Crippen LogP contribution >= 0.6 is 11.8 Å². The molecule has 0 aliphatic heterocycles. The van der Waals surface area contributed by atoms with E-state index in [2.05, 4.69) is 22.3 Å². The van der Waals surface area contributed by atoms with Crippen molar-refractivity contribution in [3.05, 3.63) is 11.9 Å². The fraction of sp³-hybridized carbons (Fsp3) is 0.600. The van der Waals surface area contributed by atoms with E-state index in [1.807, 2.05) is 0 Å². The zero-order valence-corrected chi connectivity index (χ0v) is 10.6. The van der Waals surface area contributed by atoms with E-state index in [4.69, 9.17) is 10.9 Å². The van der Waals surface area contributed by atoms with Crippen molar-refractivity contribution < 1.29 is 10.2 Å². The Morgan fingerprint density at radius 2 is 2.29 bits per heavy atom. The number of hydrogen-bond acceptors (Lipinski definition) is 7. The van der Waals surface area contributed by atoms with Crippen molar-refractivity contribution in [2.24, 2.45) is 5.84 Å². The van der Waals surface area contributed by atoms with Crippen LogP contribution in [0.15, 0.2) is 11.4 Å². The Labute approximate surface area is 105 Å². The first-order chi connectivity index (χ1) is 8.22. The SMILES string of the molecule is CCCc1c(NN)ncnc1SCC(O)CO. The van der Waals surface area contributed by atoms with Crippen LogP contribution in [0.25, 0.3) is 0 Å². The first kappa shape index (κ1) is 14.2. The molecular formula is C10H18N4O2S. The van der Waals surface area contributed by atoms with Gasteiger partial charge >= 0.3 is 0 Å². The monoisotopic (exact) mass is 258 g/mol. The Kier molecular flexibility index (Phi) is 6.20. The lowest BCUT2D eigenvalue weighted by molar-refractivity contribution is 0.113. The molecule has 0 radical (unpaired) electrons. The molecule has 0 saturated heterocycles. The molecule has 5 N–H and O–H groups in total. The number of hydrogen-bond donors (Lipinski definition) is 4. The van der Waals surface area contributed by atoms with E-state index in [0.717, 1.165) is 23.4 Å². The molecular weight excluding hydrogens is 240 g/mol. The largest absolute Gasteiger partial charge is 0.394 e. The van der Waals surface area contributed by atoms with Gasteiger partial charge in [-0.15, -0.1) is 11.8 Å². The fourth-order valence-corrected chi connectivity index (χ4v) is 2.30. The summed E-state index contributed by atoms with van der Waals surface area (Å²) in [4.78, 5) is 8.23. The Balaban J connectivity index is 2.82. The first-order valence-electron chi connectivity index (χ1n) is 5.45. The lowest BCUT2D eigenvalue weighted by Gasteiger charge is -2.12. The smallest absolute Gasteiger partial charge is 0.147 e. The number of aliphatic hydroxyl groups is 2. The number of rotatable bonds is 7. The molecule has 0 aliphatic rings. The summed E-state index contributed by atoms with van der Waals surface area (Å²) in [5.41, 5.74) is 3.50. The summed E-state index contributed by atoms with van der Waals surface area (Å²) < 4.78 is 0. The molecule has 1 aromatic heterocycles. The number of nitrogen functional groups attached to an aromatic ring is 1. The van der Waals surface area contributed by atoms with Crippen molar-refractivity contribution in [2.45, 2.75) is 30.9 Å². The van der Waals surface area contributed by atoms with Crippen LogP contribution in [0.5, 0.6) is 0 Å². The lowest BCUT2D eigenvalue weighted by atomic mass is 10.2. The summed E-state index contributed by atoms with van der Waals surface area (Å²) in [7, 11) is 0. The standard InChI is InChI=1S/C10H18N4O2S/c1-2-3-8-9(14-11)12-6-13-10(8)17-5-7(16)4-15/h6-7,15-16H,2-5,11H2,1H3,(H,12,13,14). The molecule has 0 fully saturated rings. The predicted octanol–water partition coefficient (Wildman–Crippen LogP) is 0.160. The molecule has 1 aromatic rings. The van der Waals surface area contributed by atoms with E-state index in [1.54, 1.807) is 0 Å². The topological polar surface area (TPSA) is 104 Å². The summed E-state index contributed by atoms with van der Waals surface area (Å²) in [6.45, 7) is 1.81. The third-order valence-electron chi connectivity index (χ3n) is 2.17. The molecule has 0 aromatic carbocycles. The summed E-state index contributed by atoms with van der Waals surface area (Å²) in [6.07, 6.45) is 2.47. The molecule has 17 heavy (non-hydrogen) atoms. The molecule has 0 saturated carbocycles. The fourth-order valence-electron chi connectivity index (χ4n) is 1.35. The number of nitrogens with one attached hydrogen (secondary N) is 1. The number of hydrazine groups is 1. The van der Waals surface area contributed by atoms with Crippen LogP contribution in [-0.2, 0) is 6.42 Å². The van der Waals surface area contributed by atoms with E-state index in [0.29, 0.717) is 11.6 Å². The second-order valence-corrected chi connectivity index (χ2v) is 4.56. The van der Waals surface area contributed by atoms with Crippen LogP contribution < -0.4 is 11.3 Å². The van der Waals surface area contributed by atoms with Crippen LogP contribution in [0.4, 0.5) is 5.82 Å². The Hall–Kier alpha value is -0.890. The molecule has 1 rings (SSSR count). The van der Waals surface area contributed by atoms with E-state index in [-0.39, 0.29) is 6.61 Å². The molecule has 0 bridgehead atoms. The number of anilines is 1. The molecule has 0 aliphatic carbocycles. The van der Waals surface area contributed by atoms with Crippen LogP contribution in [-0.4, -0.2) is 38.6 Å². The second kappa shape index (κ2) is 7.44. The molecule has 96 valence electrons. The van der Waals surface area contributed by atoms with Gasteiger partial charge in [-0.25, -0.2) is 15.8 Å². The molecule has 0 spiro atoms. The number of nitrogens with two attached hydrogens (primary N) is 1. The highest BCUT2D eigenvalue weighted by atomic mass is 32.2. The Morgan fingerprint density at radius 1 is 1.53 bits per heavy atom. The number of aliphatic hydroxyl groups excluding tert-OH is 2. The molecule has 1 atom stereocenters. The number of thioether (sulfide) groups is 1. The summed E-state index contributed by atoms with van der Waals surface area (Å²) in [5, 5.41) is 18.9. The van der Waals surface area contributed by atoms with Crippen molar-refractivity contribution in [1.29, 1.82) is 0 Å². The Morgan fingerprint density at radius 3 is 2.88 bits per heavy atom. The minimum absolute atomic E-state index is 0.247. The first-order valence-corrected chi connectivity index (χ1v) is 6.43. The van der Waals surface area contributed by atoms with E-state index < -0.39 is 6.10 Å². The van der Waals surface area contributed by atoms with Crippen LogP contribution in [0, 0.1) is 0 Å². The highest BCUT2D eigenvalue weighted by Crippen LogP contribution is 2.26. The van der Waals surface area contributed by atoms with Gasteiger partial charge in [0.05, 0.1) is 12.7 Å². The minimum atomic E-state index is -0.737. The second-order valence-electron chi connectivity index (χ2n) is 3.55. The Bertz CT molecular complexity index is 351. The van der Waals surface area contributed by atoms with Crippen molar-refractivity contribution in [3.63, 3.8) is 0 Å². The molecule has 0 amide bonds. The third kappa shape index (κ3) is 4.12. The van der Waals surface area contributed by atoms with Gasteiger partial charge in [0.15, 0.2) is 0 Å². The number of aromatic nitrogens is 2. The van der Waals surface area contributed by atoms with Crippen LogP contribution in [0.1, 0.15) is 18.9 Å². The van der Waals surface area contributed by atoms with Crippen molar-refractivity contribution >= 4 is 17.6 Å². The average molecular weight is 258 g/mol. The highest BCUT2D eigenvalue weighted by Gasteiger charge is 2.12. The van der Waals surface area contributed by atoms with Gasteiger partial charge < -0.3 is 15.6 Å². The van der Waals surface area contributed by atoms with Gasteiger partial charge in [-0.05, 0) is 6.42 Å². The average Bonchev–Trinajstić information content (AvgIpc) is 2.37. The molecule has 6 nitrogen and oxygen atoms in total. The number of nitrogens with zero attached hydrogens (tertiary/aromatic N) is 2. The third-order valence-corrected chi connectivity index (χ3v) is 3.34. The maximum absolute atomic E-state index is 9.31. The van der Waals surface area contributed by atoms with Crippen molar-refractivity contribution in [1.82, 2.24) is 9.97 Å². The zero-order chi connectivity index (χ0) is 12.7. The minimum Gasteiger partial charge on any atom is -0.394 e. The van der Waals surface area contributed by atoms with Gasteiger partial charge in [-0.2, -0.15) is 0 Å². The lowest BCUT2D eigenvalue weighted by Crippen LogP contribution is -2.16. The maximum atomic E-state index is 9.31. The molecule has 1 heterocycles. The quantitative estimate of drug-likeness (QED) is 0.239. The van der Waals surface area contributed by atoms with E-state index >= 15 is 0 Å². The summed E-state index contributed by atoms with van der Waals surface area (Å²) >= 11 is 1.39. The molecule has 7 heteroatoms. The van der Waals surface area contributed by atoms with Gasteiger partial charge in [0.25, 0.3) is 0 Å². The van der Waals surface area contributed by atoms with Gasteiger partial charge in [0.2, 0.25) is 0 Å². The summed E-state index contributed by atoms with van der Waals surface area (Å²) in [5.74, 6) is 6.40. The van der Waals surface area contributed by atoms with Gasteiger partial charge in [0.1, 0.15) is 17.2 Å². The van der Waals surface area contributed by atoms with Crippen LogP contribution in [0.2, 0.25) is 0 Å². The predicted molar refractivity (Wildman–Crippen MR) is 67.7 cm³/mol. The highest BCUT2D eigenvalue weighted by molar-refractivity contribution is 7.99. The van der Waals surface area contributed by atoms with Gasteiger partial charge in [-0.1, -0.05) is 13.3 Å². The van der Waals surface area contributed by atoms with Gasteiger partial charge in [0, 0.05) is 11.3 Å². The van der Waals surface area contributed by atoms with E-state index in [9.17, 15) is 5.11 Å². The summed E-state index contributed by atoms with van der Waals surface area (Å²) in [6, 6.07) is 0. The normalized spacial score (nSPS) is 12.5. The molecule has 1 unspecified atom stereocenters. The maximum Gasteiger partial charge on any atom is 0.147 e. The van der Waals surface area contributed by atoms with Gasteiger partial charge in [-0.3, -0.25) is 0 Å². The van der Waals surface area contributed by atoms with Crippen molar-refractivity contribution in [3.8, 4) is 0 Å².